The van der Waals surface area contributed by atoms with Crippen LogP contribution in [-0.2, 0) is 0 Å². The molecule has 0 fully saturated rings. The van der Waals surface area contributed by atoms with E-state index in [0.717, 1.165) is 17.7 Å². The highest BCUT2D eigenvalue weighted by Crippen LogP contribution is 2.21. The molecule has 1 heterocycles. The summed E-state index contributed by atoms with van der Waals surface area (Å²) in [5.41, 5.74) is 1.55. The van der Waals surface area contributed by atoms with Gasteiger partial charge in [-0.25, -0.2) is 18.7 Å². The molecule has 0 atom stereocenters. The van der Waals surface area contributed by atoms with Crippen molar-refractivity contribution in [2.45, 2.75) is 6.92 Å². The monoisotopic (exact) mass is 374 g/mol. The molecule has 26 heavy (non-hydrogen) atoms. The second-order valence-electron chi connectivity index (χ2n) is 5.45. The number of aromatic nitrogens is 2. The van der Waals surface area contributed by atoms with Gasteiger partial charge in [-0.1, -0.05) is 17.7 Å². The molecule has 3 aromatic rings. The molecule has 1 amide bonds. The van der Waals surface area contributed by atoms with E-state index in [9.17, 15) is 13.6 Å². The standard InChI is InChI=1S/C18H13ClF2N4O/c1-10-2-4-12(7-13(10)19)24-18(26)16-8-23-17(9-22-16)25-15-5-3-11(20)6-14(15)21/h2-9H,1H3,(H,23,25)(H,24,26). The van der Waals surface area contributed by atoms with Gasteiger partial charge in [0.05, 0.1) is 18.1 Å². The predicted octanol–water partition coefficient (Wildman–Crippen LogP) is 4.71. The summed E-state index contributed by atoms with van der Waals surface area (Å²) in [5, 5.41) is 5.86. The number of aryl methyl sites for hydroxylation is 1. The van der Waals surface area contributed by atoms with Crippen LogP contribution in [0.15, 0.2) is 48.8 Å². The lowest BCUT2D eigenvalue weighted by Gasteiger charge is -2.08. The van der Waals surface area contributed by atoms with Crippen LogP contribution >= 0.6 is 11.6 Å². The van der Waals surface area contributed by atoms with Crippen molar-refractivity contribution in [1.29, 1.82) is 0 Å². The van der Waals surface area contributed by atoms with E-state index in [1.54, 1.807) is 18.2 Å². The van der Waals surface area contributed by atoms with Gasteiger partial charge in [0.1, 0.15) is 23.1 Å². The number of rotatable bonds is 4. The normalized spacial score (nSPS) is 10.5. The number of halogens is 3. The maximum Gasteiger partial charge on any atom is 0.275 e. The van der Waals surface area contributed by atoms with E-state index in [0.29, 0.717) is 10.7 Å². The van der Waals surface area contributed by atoms with Crippen LogP contribution in [0.1, 0.15) is 16.1 Å². The molecule has 2 aromatic carbocycles. The Morgan fingerprint density at radius 1 is 1.08 bits per heavy atom. The van der Waals surface area contributed by atoms with E-state index in [4.69, 9.17) is 11.6 Å². The van der Waals surface area contributed by atoms with Gasteiger partial charge in [0.2, 0.25) is 0 Å². The summed E-state index contributed by atoms with van der Waals surface area (Å²) in [5.74, 6) is -1.69. The van der Waals surface area contributed by atoms with Crippen LogP contribution in [0, 0.1) is 18.6 Å². The molecule has 5 nitrogen and oxygen atoms in total. The molecule has 0 saturated heterocycles. The van der Waals surface area contributed by atoms with Gasteiger partial charge in [-0.05, 0) is 36.8 Å². The quantitative estimate of drug-likeness (QED) is 0.694. The molecule has 0 aliphatic rings. The van der Waals surface area contributed by atoms with Crippen molar-refractivity contribution in [3.63, 3.8) is 0 Å². The minimum Gasteiger partial charge on any atom is -0.337 e. The highest BCUT2D eigenvalue weighted by atomic mass is 35.5. The van der Waals surface area contributed by atoms with Gasteiger partial charge in [-0.3, -0.25) is 4.79 Å². The Kier molecular flexibility index (Phi) is 5.09. The van der Waals surface area contributed by atoms with E-state index < -0.39 is 17.5 Å². The molecule has 0 saturated carbocycles. The molecular formula is C18H13ClF2N4O. The minimum atomic E-state index is -0.759. The zero-order valence-corrected chi connectivity index (χ0v) is 14.3. The average Bonchev–Trinajstić information content (AvgIpc) is 2.61. The highest BCUT2D eigenvalue weighted by Gasteiger charge is 2.10. The van der Waals surface area contributed by atoms with Crippen molar-refractivity contribution in [3.8, 4) is 0 Å². The highest BCUT2D eigenvalue weighted by molar-refractivity contribution is 6.31. The first kappa shape index (κ1) is 17.8. The predicted molar refractivity (Wildman–Crippen MR) is 95.8 cm³/mol. The zero-order valence-electron chi connectivity index (χ0n) is 13.6. The average molecular weight is 375 g/mol. The van der Waals surface area contributed by atoms with Gasteiger partial charge in [0.15, 0.2) is 0 Å². The van der Waals surface area contributed by atoms with Crippen LogP contribution < -0.4 is 10.6 Å². The molecular weight excluding hydrogens is 362 g/mol. The number of nitrogens with zero attached hydrogens (tertiary/aromatic N) is 2. The Labute approximate surface area is 153 Å². The van der Waals surface area contributed by atoms with Crippen molar-refractivity contribution in [1.82, 2.24) is 9.97 Å². The van der Waals surface area contributed by atoms with Crippen LogP contribution in [0.5, 0.6) is 0 Å². The Morgan fingerprint density at radius 3 is 2.54 bits per heavy atom. The number of hydrogen-bond donors (Lipinski definition) is 2. The number of anilines is 3. The van der Waals surface area contributed by atoms with Gasteiger partial charge in [-0.15, -0.1) is 0 Å². The molecule has 3 rings (SSSR count). The Balaban J connectivity index is 1.70. The minimum absolute atomic E-state index is 0.0483. The molecule has 0 bridgehead atoms. The molecule has 0 aliphatic carbocycles. The van der Waals surface area contributed by atoms with Gasteiger partial charge in [0, 0.05) is 16.8 Å². The van der Waals surface area contributed by atoms with Gasteiger partial charge in [-0.2, -0.15) is 0 Å². The molecule has 0 unspecified atom stereocenters. The second kappa shape index (κ2) is 7.45. The molecule has 0 spiro atoms. The third-order valence-electron chi connectivity index (χ3n) is 3.51. The van der Waals surface area contributed by atoms with Crippen LogP contribution in [0.25, 0.3) is 0 Å². The number of carbonyl (C=O) groups excluding carboxylic acids is 1. The molecule has 8 heteroatoms. The smallest absolute Gasteiger partial charge is 0.275 e. The molecule has 132 valence electrons. The number of carbonyl (C=O) groups is 1. The topological polar surface area (TPSA) is 66.9 Å². The van der Waals surface area contributed by atoms with Crippen LogP contribution in [0.3, 0.4) is 0 Å². The van der Waals surface area contributed by atoms with Gasteiger partial charge >= 0.3 is 0 Å². The van der Waals surface area contributed by atoms with Crippen molar-refractivity contribution in [2.75, 3.05) is 10.6 Å². The summed E-state index contributed by atoms with van der Waals surface area (Å²) < 4.78 is 26.5. The maximum atomic E-state index is 13.6. The molecule has 2 N–H and O–H groups in total. The van der Waals surface area contributed by atoms with Gasteiger partial charge in [0.25, 0.3) is 5.91 Å². The zero-order chi connectivity index (χ0) is 18.7. The van der Waals surface area contributed by atoms with Crippen molar-refractivity contribution >= 4 is 34.7 Å². The fourth-order valence-electron chi connectivity index (χ4n) is 2.10. The lowest BCUT2D eigenvalue weighted by atomic mass is 10.2. The number of benzene rings is 2. The number of hydrogen-bond acceptors (Lipinski definition) is 4. The van der Waals surface area contributed by atoms with E-state index in [-0.39, 0.29) is 17.2 Å². The summed E-state index contributed by atoms with van der Waals surface area (Å²) in [6.45, 7) is 1.86. The second-order valence-corrected chi connectivity index (χ2v) is 5.86. The molecule has 1 aromatic heterocycles. The molecule has 0 radical (unpaired) electrons. The van der Waals surface area contributed by atoms with Crippen molar-refractivity contribution in [2.24, 2.45) is 0 Å². The first-order valence-electron chi connectivity index (χ1n) is 7.54. The van der Waals surface area contributed by atoms with Crippen LogP contribution in [0.4, 0.5) is 26.0 Å². The largest absolute Gasteiger partial charge is 0.337 e. The van der Waals surface area contributed by atoms with E-state index in [2.05, 4.69) is 20.6 Å². The first-order valence-corrected chi connectivity index (χ1v) is 7.92. The van der Waals surface area contributed by atoms with Gasteiger partial charge < -0.3 is 10.6 Å². The molecule has 0 aliphatic heterocycles. The van der Waals surface area contributed by atoms with Crippen LogP contribution in [-0.4, -0.2) is 15.9 Å². The van der Waals surface area contributed by atoms with Crippen molar-refractivity contribution < 1.29 is 13.6 Å². The number of amides is 1. The number of nitrogens with one attached hydrogen (secondary N) is 2. The Bertz CT molecular complexity index is 964. The fraction of sp³-hybridized carbons (Fsp3) is 0.0556. The fourth-order valence-corrected chi connectivity index (χ4v) is 2.28. The van der Waals surface area contributed by atoms with E-state index >= 15 is 0 Å². The summed E-state index contributed by atoms with van der Waals surface area (Å²) in [7, 11) is 0. The van der Waals surface area contributed by atoms with E-state index in [1.165, 1.54) is 18.5 Å². The van der Waals surface area contributed by atoms with Crippen molar-refractivity contribution in [3.05, 3.63) is 76.7 Å². The Morgan fingerprint density at radius 2 is 1.88 bits per heavy atom. The van der Waals surface area contributed by atoms with Crippen LogP contribution in [0.2, 0.25) is 5.02 Å². The third-order valence-corrected chi connectivity index (χ3v) is 3.92. The summed E-state index contributed by atoms with van der Waals surface area (Å²) in [4.78, 5) is 20.2. The lowest BCUT2D eigenvalue weighted by molar-refractivity contribution is 0.102. The Hall–Kier alpha value is -3.06. The first-order chi connectivity index (χ1) is 12.4. The lowest BCUT2D eigenvalue weighted by Crippen LogP contribution is -2.14. The summed E-state index contributed by atoms with van der Waals surface area (Å²) >= 11 is 6.02. The third kappa shape index (κ3) is 4.12. The summed E-state index contributed by atoms with van der Waals surface area (Å²) in [6, 6.07) is 8.26. The SMILES string of the molecule is Cc1ccc(NC(=O)c2cnc(Nc3ccc(F)cc3F)cn2)cc1Cl. The maximum absolute atomic E-state index is 13.6. The van der Waals surface area contributed by atoms with E-state index in [1.807, 2.05) is 6.92 Å². The summed E-state index contributed by atoms with van der Waals surface area (Å²) in [6.07, 6.45) is 2.52.